The molecule has 0 aliphatic heterocycles. The van der Waals surface area contributed by atoms with E-state index in [9.17, 15) is 0 Å². The topological polar surface area (TPSA) is 41.6 Å². The number of thioether (sulfide) groups is 1. The number of hydrogen-bond acceptors (Lipinski definition) is 3. The summed E-state index contributed by atoms with van der Waals surface area (Å²) in [5, 5.41) is 9.26. The summed E-state index contributed by atoms with van der Waals surface area (Å²) in [7, 11) is 0. The lowest BCUT2D eigenvalue weighted by Crippen LogP contribution is -1.87. The van der Waals surface area contributed by atoms with Crippen molar-refractivity contribution in [3.63, 3.8) is 0 Å². The number of fused-ring (bicyclic) bond motifs is 1. The molecule has 0 amide bonds. The van der Waals surface area contributed by atoms with Crippen LogP contribution in [0.25, 0.3) is 10.9 Å². The smallest absolute Gasteiger partial charge is 0.0971 e. The molecule has 1 aromatic carbocycles. The molecule has 1 N–H and O–H groups in total. The van der Waals surface area contributed by atoms with Gasteiger partial charge in [0.15, 0.2) is 0 Å². The van der Waals surface area contributed by atoms with E-state index in [0.29, 0.717) is 0 Å². The van der Waals surface area contributed by atoms with Crippen molar-refractivity contribution < 1.29 is 0 Å². The van der Waals surface area contributed by atoms with Crippen molar-refractivity contribution in [3.8, 4) is 0 Å². The Morgan fingerprint density at radius 2 is 2.06 bits per heavy atom. The van der Waals surface area contributed by atoms with Crippen LogP contribution in [0, 0.1) is 6.92 Å². The van der Waals surface area contributed by atoms with Crippen molar-refractivity contribution >= 4 is 22.7 Å². The first-order valence-electron chi connectivity index (χ1n) is 5.80. The molecule has 0 bridgehead atoms. The number of H-pyrrole nitrogens is 1. The number of hydrogen-bond donors (Lipinski definition) is 1. The Kier molecular flexibility index (Phi) is 3.02. The van der Waals surface area contributed by atoms with E-state index in [0.717, 1.165) is 22.0 Å². The summed E-state index contributed by atoms with van der Waals surface area (Å²) in [4.78, 5) is 4.63. The van der Waals surface area contributed by atoms with E-state index < -0.39 is 0 Å². The third kappa shape index (κ3) is 2.24. The Bertz CT molecular complexity index is 675. The van der Waals surface area contributed by atoms with E-state index in [1.807, 2.05) is 24.4 Å². The van der Waals surface area contributed by atoms with Gasteiger partial charge in [-0.05, 0) is 24.6 Å². The normalized spacial score (nSPS) is 10.9. The second-order valence-electron chi connectivity index (χ2n) is 4.16. The van der Waals surface area contributed by atoms with Crippen molar-refractivity contribution in [2.24, 2.45) is 0 Å². The van der Waals surface area contributed by atoms with Crippen molar-refractivity contribution in [1.29, 1.82) is 0 Å². The summed E-state index contributed by atoms with van der Waals surface area (Å²) in [6.07, 6.45) is 1.85. The lowest BCUT2D eigenvalue weighted by atomic mass is 10.2. The number of benzene rings is 1. The van der Waals surface area contributed by atoms with Gasteiger partial charge in [-0.15, -0.1) is 11.8 Å². The summed E-state index contributed by atoms with van der Waals surface area (Å²) < 4.78 is 0. The van der Waals surface area contributed by atoms with Gasteiger partial charge in [0.1, 0.15) is 0 Å². The van der Waals surface area contributed by atoms with Crippen LogP contribution in [0.1, 0.15) is 11.3 Å². The minimum Gasteiger partial charge on any atom is -0.281 e. The zero-order valence-corrected chi connectivity index (χ0v) is 10.9. The summed E-state index contributed by atoms with van der Waals surface area (Å²) in [5.74, 6) is 0.872. The van der Waals surface area contributed by atoms with Crippen LogP contribution in [0.2, 0.25) is 0 Å². The second kappa shape index (κ2) is 4.82. The fraction of sp³-hybridized carbons (Fsp3) is 0.143. The number of aromatic nitrogens is 3. The molecule has 0 saturated heterocycles. The Labute approximate surface area is 110 Å². The Morgan fingerprint density at radius 1 is 1.17 bits per heavy atom. The standard InChI is InChI=1S/C14H13N3S/c1-10-8-15-17-13(10)9-18-14-7-6-11-4-2-3-5-12(11)16-14/h2-8H,9H2,1H3,(H,15,17). The van der Waals surface area contributed by atoms with Gasteiger partial charge < -0.3 is 0 Å². The first-order valence-corrected chi connectivity index (χ1v) is 6.79. The Morgan fingerprint density at radius 3 is 2.89 bits per heavy atom. The van der Waals surface area contributed by atoms with Crippen molar-refractivity contribution in [2.45, 2.75) is 17.7 Å². The zero-order chi connectivity index (χ0) is 12.4. The molecule has 90 valence electrons. The minimum absolute atomic E-state index is 0.872. The van der Waals surface area contributed by atoms with Gasteiger partial charge in [0.2, 0.25) is 0 Å². The van der Waals surface area contributed by atoms with E-state index >= 15 is 0 Å². The predicted molar refractivity (Wildman–Crippen MR) is 74.6 cm³/mol. The Balaban J connectivity index is 1.81. The van der Waals surface area contributed by atoms with Crippen molar-refractivity contribution in [3.05, 3.63) is 53.9 Å². The largest absolute Gasteiger partial charge is 0.281 e. The van der Waals surface area contributed by atoms with Crippen LogP contribution in [0.3, 0.4) is 0 Å². The molecule has 0 radical (unpaired) electrons. The molecular formula is C14H13N3S. The quantitative estimate of drug-likeness (QED) is 0.728. The van der Waals surface area contributed by atoms with Gasteiger partial charge in [-0.1, -0.05) is 24.3 Å². The van der Waals surface area contributed by atoms with Gasteiger partial charge in [-0.2, -0.15) is 5.10 Å². The number of para-hydroxylation sites is 1. The number of aryl methyl sites for hydroxylation is 1. The molecule has 0 aliphatic rings. The highest BCUT2D eigenvalue weighted by Crippen LogP contribution is 2.23. The van der Waals surface area contributed by atoms with Gasteiger partial charge in [0, 0.05) is 16.8 Å². The predicted octanol–water partition coefficient (Wildman–Crippen LogP) is 3.56. The lowest BCUT2D eigenvalue weighted by molar-refractivity contribution is 1.03. The number of nitrogens with one attached hydrogen (secondary N) is 1. The van der Waals surface area contributed by atoms with Crippen LogP contribution in [0.4, 0.5) is 0 Å². The number of nitrogens with zero attached hydrogens (tertiary/aromatic N) is 2. The lowest BCUT2D eigenvalue weighted by Gasteiger charge is -2.02. The van der Waals surface area contributed by atoms with E-state index in [2.05, 4.69) is 40.3 Å². The van der Waals surface area contributed by atoms with Crippen LogP contribution in [-0.2, 0) is 5.75 Å². The van der Waals surface area contributed by atoms with Gasteiger partial charge in [-0.3, -0.25) is 5.10 Å². The average Bonchev–Trinajstić information content (AvgIpc) is 2.82. The molecule has 3 aromatic rings. The molecule has 0 fully saturated rings. The maximum absolute atomic E-state index is 4.63. The van der Waals surface area contributed by atoms with Crippen LogP contribution in [0.15, 0.2) is 47.6 Å². The molecule has 2 aromatic heterocycles. The average molecular weight is 255 g/mol. The highest BCUT2D eigenvalue weighted by molar-refractivity contribution is 7.98. The number of aromatic amines is 1. The number of pyridine rings is 1. The van der Waals surface area contributed by atoms with Crippen LogP contribution < -0.4 is 0 Å². The number of rotatable bonds is 3. The summed E-state index contributed by atoms with van der Waals surface area (Å²) >= 11 is 1.72. The molecule has 3 nitrogen and oxygen atoms in total. The third-order valence-corrected chi connectivity index (χ3v) is 3.83. The Hall–Kier alpha value is -1.81. The molecule has 0 spiro atoms. The van der Waals surface area contributed by atoms with Crippen LogP contribution >= 0.6 is 11.8 Å². The van der Waals surface area contributed by atoms with Gasteiger partial charge >= 0.3 is 0 Å². The fourth-order valence-electron chi connectivity index (χ4n) is 1.79. The van der Waals surface area contributed by atoms with E-state index in [-0.39, 0.29) is 0 Å². The SMILES string of the molecule is Cc1cn[nH]c1CSc1ccc2ccccc2n1. The van der Waals surface area contributed by atoms with Crippen LogP contribution in [-0.4, -0.2) is 15.2 Å². The fourth-order valence-corrected chi connectivity index (χ4v) is 2.70. The molecular weight excluding hydrogens is 242 g/mol. The summed E-state index contributed by atoms with van der Waals surface area (Å²) in [5.41, 5.74) is 3.40. The molecule has 0 saturated carbocycles. The third-order valence-electron chi connectivity index (χ3n) is 2.87. The van der Waals surface area contributed by atoms with E-state index in [4.69, 9.17) is 0 Å². The highest BCUT2D eigenvalue weighted by Gasteiger charge is 2.03. The van der Waals surface area contributed by atoms with E-state index in [1.165, 1.54) is 10.9 Å². The molecule has 18 heavy (non-hydrogen) atoms. The van der Waals surface area contributed by atoms with Gasteiger partial charge in [0.05, 0.1) is 16.7 Å². The first-order chi connectivity index (χ1) is 8.83. The van der Waals surface area contributed by atoms with Crippen molar-refractivity contribution in [2.75, 3.05) is 0 Å². The van der Waals surface area contributed by atoms with Crippen LogP contribution in [0.5, 0.6) is 0 Å². The molecule has 0 aliphatic carbocycles. The van der Waals surface area contributed by atoms with Gasteiger partial charge in [-0.25, -0.2) is 4.98 Å². The first kappa shape index (κ1) is 11.3. The van der Waals surface area contributed by atoms with Gasteiger partial charge in [0.25, 0.3) is 0 Å². The second-order valence-corrected chi connectivity index (χ2v) is 5.16. The summed E-state index contributed by atoms with van der Waals surface area (Å²) in [6.45, 7) is 2.06. The maximum Gasteiger partial charge on any atom is 0.0971 e. The summed E-state index contributed by atoms with van der Waals surface area (Å²) in [6, 6.07) is 12.4. The maximum atomic E-state index is 4.63. The molecule has 3 rings (SSSR count). The minimum atomic E-state index is 0.872. The molecule has 0 unspecified atom stereocenters. The zero-order valence-electron chi connectivity index (χ0n) is 10.1. The molecule has 0 atom stereocenters. The molecule has 2 heterocycles. The monoisotopic (exact) mass is 255 g/mol. The van der Waals surface area contributed by atoms with E-state index in [1.54, 1.807) is 11.8 Å². The van der Waals surface area contributed by atoms with Crippen molar-refractivity contribution in [1.82, 2.24) is 15.2 Å². The highest BCUT2D eigenvalue weighted by atomic mass is 32.2. The molecule has 4 heteroatoms.